The Kier molecular flexibility index (Phi) is 6.51. The van der Waals surface area contributed by atoms with Gasteiger partial charge in [0.05, 0.1) is 19.8 Å². The van der Waals surface area contributed by atoms with Crippen LogP contribution in [-0.4, -0.2) is 34.5 Å². The van der Waals surface area contributed by atoms with Crippen LogP contribution in [0.25, 0.3) is 0 Å². The van der Waals surface area contributed by atoms with E-state index in [9.17, 15) is 9.13 Å². The molecule has 0 heterocycles. The second kappa shape index (κ2) is 6.52. The van der Waals surface area contributed by atoms with E-state index >= 15 is 0 Å². The quantitative estimate of drug-likeness (QED) is 0.326. The first-order chi connectivity index (χ1) is 6.77. The third-order valence-corrected chi connectivity index (χ3v) is 3.11. The van der Waals surface area contributed by atoms with Crippen LogP contribution in [0.3, 0.4) is 0 Å². The van der Waals surface area contributed by atoms with Crippen molar-refractivity contribution in [3.8, 4) is 0 Å². The van der Waals surface area contributed by atoms with Gasteiger partial charge in [-0.1, -0.05) is 6.08 Å². The summed E-state index contributed by atoms with van der Waals surface area (Å²) in [5.41, 5.74) is 0. The van der Waals surface area contributed by atoms with E-state index in [0.717, 1.165) is 0 Å². The van der Waals surface area contributed by atoms with Gasteiger partial charge in [0, 0.05) is 0 Å². The van der Waals surface area contributed by atoms with Crippen LogP contribution in [0.1, 0.15) is 0 Å². The lowest BCUT2D eigenvalue weighted by Crippen LogP contribution is -2.03. The van der Waals surface area contributed by atoms with Gasteiger partial charge in [-0.15, -0.1) is 6.58 Å². The zero-order chi connectivity index (χ0) is 11.9. The van der Waals surface area contributed by atoms with Crippen molar-refractivity contribution in [2.45, 2.75) is 0 Å². The normalized spacial score (nSPS) is 15.9. The maximum atomic E-state index is 10.8. The van der Waals surface area contributed by atoms with Gasteiger partial charge in [-0.3, -0.25) is 4.52 Å². The van der Waals surface area contributed by atoms with Crippen LogP contribution in [0.5, 0.6) is 0 Å². The van der Waals surface area contributed by atoms with Gasteiger partial charge in [-0.25, -0.2) is 9.13 Å². The summed E-state index contributed by atoms with van der Waals surface area (Å²) in [5.74, 6) is 0. The summed E-state index contributed by atoms with van der Waals surface area (Å²) in [4.78, 5) is 25.2. The summed E-state index contributed by atoms with van der Waals surface area (Å²) in [6, 6.07) is 0. The molecule has 0 aliphatic carbocycles. The second-order valence-corrected chi connectivity index (χ2v) is 5.07. The topological polar surface area (TPSA) is 123 Å². The predicted octanol–water partition coefficient (Wildman–Crippen LogP) is 0.415. The number of hydrogen-bond donors (Lipinski definition) is 3. The van der Waals surface area contributed by atoms with Gasteiger partial charge in [0.15, 0.2) is 0 Å². The molecule has 0 amide bonds. The van der Waals surface area contributed by atoms with E-state index in [2.05, 4.69) is 15.4 Å². The van der Waals surface area contributed by atoms with Crippen molar-refractivity contribution in [3.05, 3.63) is 12.7 Å². The molecule has 0 aromatic rings. The zero-order valence-corrected chi connectivity index (χ0v) is 9.47. The van der Waals surface area contributed by atoms with Gasteiger partial charge in [0.2, 0.25) is 0 Å². The van der Waals surface area contributed by atoms with E-state index < -0.39 is 15.6 Å². The van der Waals surface area contributed by atoms with Gasteiger partial charge in [-0.2, -0.15) is 4.31 Å². The fraction of sp³-hybridized carbons (Fsp3) is 0.600. The van der Waals surface area contributed by atoms with Crippen molar-refractivity contribution in [2.24, 2.45) is 0 Å². The van der Waals surface area contributed by atoms with E-state index in [0.29, 0.717) is 0 Å². The van der Waals surface area contributed by atoms with Crippen molar-refractivity contribution in [1.29, 1.82) is 0 Å². The Bertz CT molecular complexity index is 283. The average molecular weight is 262 g/mol. The van der Waals surface area contributed by atoms with Crippen molar-refractivity contribution in [1.82, 2.24) is 0 Å². The van der Waals surface area contributed by atoms with Crippen LogP contribution in [0, 0.1) is 0 Å². The highest BCUT2D eigenvalue weighted by Gasteiger charge is 2.31. The van der Waals surface area contributed by atoms with Crippen LogP contribution in [0.2, 0.25) is 0 Å². The SMILES string of the molecule is C=CCOCCOP(=O)(O)OP(=O)(O)O. The Balaban J connectivity index is 3.80. The minimum atomic E-state index is -5.04. The highest BCUT2D eigenvalue weighted by Crippen LogP contribution is 2.57. The van der Waals surface area contributed by atoms with E-state index in [1.54, 1.807) is 0 Å². The summed E-state index contributed by atoms with van der Waals surface area (Å²) in [6.07, 6.45) is 1.46. The molecule has 0 saturated carbocycles. The molecule has 0 fully saturated rings. The summed E-state index contributed by atoms with van der Waals surface area (Å²) >= 11 is 0. The maximum Gasteiger partial charge on any atom is 0.481 e. The fourth-order valence-corrected chi connectivity index (χ4v) is 2.11. The molecule has 0 radical (unpaired) electrons. The highest BCUT2D eigenvalue weighted by molar-refractivity contribution is 7.60. The Hall–Kier alpha value is -0.0400. The minimum Gasteiger partial charge on any atom is -0.375 e. The summed E-state index contributed by atoms with van der Waals surface area (Å²) in [6.45, 7) is 3.23. The van der Waals surface area contributed by atoms with Crippen LogP contribution < -0.4 is 0 Å². The van der Waals surface area contributed by atoms with Crippen LogP contribution in [0.15, 0.2) is 12.7 Å². The lowest BCUT2D eigenvalue weighted by Gasteiger charge is -2.11. The van der Waals surface area contributed by atoms with Crippen LogP contribution >= 0.6 is 15.6 Å². The van der Waals surface area contributed by atoms with E-state index in [1.165, 1.54) is 6.08 Å². The monoisotopic (exact) mass is 262 g/mol. The molecule has 0 aromatic heterocycles. The smallest absolute Gasteiger partial charge is 0.375 e. The van der Waals surface area contributed by atoms with Crippen molar-refractivity contribution in [3.63, 3.8) is 0 Å². The molecule has 90 valence electrons. The largest absolute Gasteiger partial charge is 0.481 e. The zero-order valence-electron chi connectivity index (χ0n) is 7.68. The Morgan fingerprint density at radius 1 is 1.20 bits per heavy atom. The molecule has 0 aliphatic heterocycles. The van der Waals surface area contributed by atoms with Gasteiger partial charge in [-0.05, 0) is 0 Å². The van der Waals surface area contributed by atoms with E-state index in [1.807, 2.05) is 0 Å². The summed E-state index contributed by atoms with van der Waals surface area (Å²) in [5, 5.41) is 0. The first-order valence-electron chi connectivity index (χ1n) is 3.70. The molecule has 10 heteroatoms. The molecule has 0 aromatic carbocycles. The minimum absolute atomic E-state index is 0.0267. The molecule has 1 unspecified atom stereocenters. The number of hydrogen-bond acceptors (Lipinski definition) is 5. The molecule has 0 bridgehead atoms. The molecule has 0 aliphatic rings. The number of ether oxygens (including phenoxy) is 1. The second-order valence-electron chi connectivity index (χ2n) is 2.24. The lowest BCUT2D eigenvalue weighted by atomic mass is 10.7. The summed E-state index contributed by atoms with van der Waals surface area (Å²) < 4.78 is 33.5. The predicted molar refractivity (Wildman–Crippen MR) is 49.9 cm³/mol. The fourth-order valence-electron chi connectivity index (χ4n) is 0.536. The third-order valence-electron chi connectivity index (χ3n) is 0.927. The van der Waals surface area contributed by atoms with Gasteiger partial charge < -0.3 is 19.4 Å². The first kappa shape index (κ1) is 15.0. The van der Waals surface area contributed by atoms with E-state index in [-0.39, 0.29) is 19.8 Å². The van der Waals surface area contributed by atoms with Crippen LogP contribution in [-0.2, 0) is 22.7 Å². The number of rotatable bonds is 8. The van der Waals surface area contributed by atoms with Crippen molar-refractivity contribution >= 4 is 15.6 Å². The van der Waals surface area contributed by atoms with Gasteiger partial charge in [0.1, 0.15) is 0 Å². The molecule has 8 nitrogen and oxygen atoms in total. The molecule has 0 spiro atoms. The lowest BCUT2D eigenvalue weighted by molar-refractivity contribution is 0.0998. The molecule has 3 N–H and O–H groups in total. The highest BCUT2D eigenvalue weighted by atomic mass is 31.3. The standard InChI is InChI=1S/C5H12O8P2/c1-2-3-11-4-5-12-15(9,10)13-14(6,7)8/h2H,1,3-5H2,(H,9,10)(H2,6,7,8). The van der Waals surface area contributed by atoms with Gasteiger partial charge in [0.25, 0.3) is 0 Å². The Labute approximate surface area is 86.3 Å². The Morgan fingerprint density at radius 3 is 2.27 bits per heavy atom. The molecular formula is C5H12O8P2. The Morgan fingerprint density at radius 2 is 1.80 bits per heavy atom. The maximum absolute atomic E-state index is 10.8. The average Bonchev–Trinajstić information content (AvgIpc) is 1.99. The number of phosphoric ester groups is 1. The molecule has 0 saturated heterocycles. The van der Waals surface area contributed by atoms with Crippen LogP contribution in [0.4, 0.5) is 0 Å². The first-order valence-corrected chi connectivity index (χ1v) is 6.72. The molecule has 0 rings (SSSR count). The molecule has 1 atom stereocenters. The van der Waals surface area contributed by atoms with Crippen molar-refractivity contribution in [2.75, 3.05) is 19.8 Å². The van der Waals surface area contributed by atoms with E-state index in [4.69, 9.17) is 19.4 Å². The molecule has 15 heavy (non-hydrogen) atoms. The summed E-state index contributed by atoms with van der Waals surface area (Å²) in [7, 11) is -9.78. The van der Waals surface area contributed by atoms with Gasteiger partial charge >= 0.3 is 15.6 Å². The third kappa shape index (κ3) is 10.2. The van der Waals surface area contributed by atoms with Crippen molar-refractivity contribution < 1.29 is 37.4 Å². The molecular weight excluding hydrogens is 250 g/mol. The number of phosphoric acid groups is 2.